The van der Waals surface area contributed by atoms with Crippen LogP contribution in [0.2, 0.25) is 0 Å². The predicted molar refractivity (Wildman–Crippen MR) is 82.2 cm³/mol. The van der Waals surface area contributed by atoms with Gasteiger partial charge in [-0.3, -0.25) is 4.79 Å². The second-order valence-corrected chi connectivity index (χ2v) is 5.95. The van der Waals surface area contributed by atoms with Crippen LogP contribution in [-0.4, -0.2) is 29.6 Å². The second-order valence-electron chi connectivity index (χ2n) is 4.24. The molecule has 0 radical (unpaired) electrons. The van der Waals surface area contributed by atoms with Crippen LogP contribution in [0, 0.1) is 0 Å². The third-order valence-electron chi connectivity index (χ3n) is 2.61. The van der Waals surface area contributed by atoms with Crippen molar-refractivity contribution in [2.45, 2.75) is 26.3 Å². The van der Waals surface area contributed by atoms with E-state index >= 15 is 0 Å². The molecule has 0 saturated carbocycles. The van der Waals surface area contributed by atoms with E-state index in [-0.39, 0.29) is 24.1 Å². The number of carboxylic acid groups (broad SMARTS) is 1. The van der Waals surface area contributed by atoms with Gasteiger partial charge in [0.1, 0.15) is 5.75 Å². The summed E-state index contributed by atoms with van der Waals surface area (Å²) >= 11 is 6.46. The van der Waals surface area contributed by atoms with Gasteiger partial charge in [0.05, 0.1) is 14.5 Å². The Kier molecular flexibility index (Phi) is 6.48. The Hall–Kier alpha value is -1.08. The molecule has 1 aromatic carbocycles. The molecule has 0 bridgehead atoms. The first-order valence-electron chi connectivity index (χ1n) is 5.99. The van der Waals surface area contributed by atoms with Crippen LogP contribution in [0.3, 0.4) is 0 Å². The fourth-order valence-corrected chi connectivity index (χ4v) is 2.79. The lowest BCUT2D eigenvalue weighted by atomic mass is 10.2. The SMILES string of the molecule is CC[C@@H](C)NC(=O)COc1c(Br)cc(C(=O)O)cc1Br. The Labute approximate surface area is 134 Å². The molecular weight excluding hydrogens is 394 g/mol. The average Bonchev–Trinajstić information content (AvgIpc) is 2.37. The molecule has 0 aliphatic rings. The molecular formula is C13H15Br2NO4. The third-order valence-corrected chi connectivity index (χ3v) is 3.79. The molecule has 20 heavy (non-hydrogen) atoms. The van der Waals surface area contributed by atoms with Crippen LogP contribution in [-0.2, 0) is 4.79 Å². The molecule has 0 aliphatic carbocycles. The van der Waals surface area contributed by atoms with Gasteiger partial charge in [-0.1, -0.05) is 6.92 Å². The van der Waals surface area contributed by atoms with Crippen molar-refractivity contribution in [3.63, 3.8) is 0 Å². The predicted octanol–water partition coefficient (Wildman–Crippen LogP) is 3.20. The summed E-state index contributed by atoms with van der Waals surface area (Å²) in [5.41, 5.74) is 0.125. The maximum atomic E-state index is 11.6. The van der Waals surface area contributed by atoms with Gasteiger partial charge < -0.3 is 15.2 Å². The van der Waals surface area contributed by atoms with E-state index in [0.29, 0.717) is 14.7 Å². The van der Waals surface area contributed by atoms with Gasteiger partial charge in [-0.25, -0.2) is 4.79 Å². The van der Waals surface area contributed by atoms with E-state index < -0.39 is 5.97 Å². The lowest BCUT2D eigenvalue weighted by Gasteiger charge is -2.14. The van der Waals surface area contributed by atoms with Crippen molar-refractivity contribution in [2.24, 2.45) is 0 Å². The van der Waals surface area contributed by atoms with Crippen LogP contribution in [0.5, 0.6) is 5.75 Å². The first-order valence-corrected chi connectivity index (χ1v) is 7.58. The van der Waals surface area contributed by atoms with Gasteiger partial charge in [-0.15, -0.1) is 0 Å². The monoisotopic (exact) mass is 407 g/mol. The Morgan fingerprint density at radius 3 is 2.35 bits per heavy atom. The standard InChI is InChI=1S/C13H15Br2NO4/c1-3-7(2)16-11(17)6-20-12-9(14)4-8(13(18)19)5-10(12)15/h4-5,7H,3,6H2,1-2H3,(H,16,17)(H,18,19)/t7-/m1/s1. The number of carboxylic acids is 1. The molecule has 0 aliphatic heterocycles. The fourth-order valence-electron chi connectivity index (χ4n) is 1.38. The number of halogens is 2. The highest BCUT2D eigenvalue weighted by atomic mass is 79.9. The third kappa shape index (κ3) is 4.79. The Bertz CT molecular complexity index is 496. The molecule has 7 heteroatoms. The highest BCUT2D eigenvalue weighted by molar-refractivity contribution is 9.11. The maximum Gasteiger partial charge on any atom is 0.335 e. The van der Waals surface area contributed by atoms with Gasteiger partial charge in [0, 0.05) is 6.04 Å². The number of carbonyl (C=O) groups is 2. The van der Waals surface area contributed by atoms with Crippen LogP contribution >= 0.6 is 31.9 Å². The van der Waals surface area contributed by atoms with E-state index in [1.807, 2.05) is 13.8 Å². The number of hydrogen-bond acceptors (Lipinski definition) is 3. The van der Waals surface area contributed by atoms with Crippen molar-refractivity contribution in [3.05, 3.63) is 26.6 Å². The molecule has 1 rings (SSSR count). The lowest BCUT2D eigenvalue weighted by Crippen LogP contribution is -2.35. The van der Waals surface area contributed by atoms with Crippen LogP contribution in [0.4, 0.5) is 0 Å². The molecule has 1 amide bonds. The largest absolute Gasteiger partial charge is 0.481 e. The molecule has 0 saturated heterocycles. The number of aromatic carboxylic acids is 1. The molecule has 1 atom stereocenters. The molecule has 2 N–H and O–H groups in total. The summed E-state index contributed by atoms with van der Waals surface area (Å²) < 4.78 is 6.36. The van der Waals surface area contributed by atoms with Gasteiger partial charge in [-0.2, -0.15) is 0 Å². The molecule has 0 aromatic heterocycles. The van der Waals surface area contributed by atoms with E-state index in [0.717, 1.165) is 6.42 Å². The van der Waals surface area contributed by atoms with Gasteiger partial charge in [-0.05, 0) is 57.3 Å². The Balaban J connectivity index is 2.74. The summed E-state index contributed by atoms with van der Waals surface area (Å²) in [6.45, 7) is 3.75. The Morgan fingerprint density at radius 1 is 1.35 bits per heavy atom. The molecule has 0 fully saturated rings. The summed E-state index contributed by atoms with van der Waals surface area (Å²) in [4.78, 5) is 22.5. The smallest absolute Gasteiger partial charge is 0.335 e. The van der Waals surface area contributed by atoms with Crippen molar-refractivity contribution in [1.29, 1.82) is 0 Å². The average molecular weight is 409 g/mol. The highest BCUT2D eigenvalue weighted by Gasteiger charge is 2.14. The maximum absolute atomic E-state index is 11.6. The molecule has 1 aromatic rings. The second kappa shape index (κ2) is 7.64. The van der Waals surface area contributed by atoms with E-state index in [9.17, 15) is 9.59 Å². The Morgan fingerprint density at radius 2 is 1.90 bits per heavy atom. The van der Waals surface area contributed by atoms with Crippen molar-refractivity contribution in [3.8, 4) is 5.75 Å². The normalized spacial score (nSPS) is 11.8. The van der Waals surface area contributed by atoms with E-state index in [1.165, 1.54) is 12.1 Å². The van der Waals surface area contributed by atoms with Crippen LogP contribution < -0.4 is 10.1 Å². The summed E-state index contributed by atoms with van der Waals surface area (Å²) in [6.07, 6.45) is 0.840. The lowest BCUT2D eigenvalue weighted by molar-refractivity contribution is -0.123. The zero-order valence-corrected chi connectivity index (χ0v) is 14.2. The first-order chi connectivity index (χ1) is 9.35. The topological polar surface area (TPSA) is 75.6 Å². The van der Waals surface area contributed by atoms with Crippen molar-refractivity contribution < 1.29 is 19.4 Å². The minimum absolute atomic E-state index is 0.0902. The number of nitrogens with one attached hydrogen (secondary N) is 1. The summed E-state index contributed by atoms with van der Waals surface area (Å²) in [5.74, 6) is -0.859. The summed E-state index contributed by atoms with van der Waals surface area (Å²) in [6, 6.07) is 2.94. The van der Waals surface area contributed by atoms with Crippen molar-refractivity contribution >= 4 is 43.7 Å². The molecule has 0 unspecified atom stereocenters. The van der Waals surface area contributed by atoms with Crippen LogP contribution in [0.25, 0.3) is 0 Å². The number of benzene rings is 1. The molecule has 110 valence electrons. The van der Waals surface area contributed by atoms with Crippen LogP contribution in [0.1, 0.15) is 30.6 Å². The fraction of sp³-hybridized carbons (Fsp3) is 0.385. The molecule has 0 heterocycles. The van der Waals surface area contributed by atoms with E-state index in [2.05, 4.69) is 37.2 Å². The van der Waals surface area contributed by atoms with Crippen molar-refractivity contribution in [1.82, 2.24) is 5.32 Å². The number of rotatable bonds is 6. The zero-order valence-electron chi connectivity index (χ0n) is 11.1. The minimum Gasteiger partial charge on any atom is -0.481 e. The summed E-state index contributed by atoms with van der Waals surface area (Å²) in [7, 11) is 0. The van der Waals surface area contributed by atoms with Gasteiger partial charge in [0.25, 0.3) is 5.91 Å². The molecule has 0 spiro atoms. The zero-order chi connectivity index (χ0) is 15.3. The van der Waals surface area contributed by atoms with E-state index in [1.54, 1.807) is 0 Å². The summed E-state index contributed by atoms with van der Waals surface area (Å²) in [5, 5.41) is 11.7. The highest BCUT2D eigenvalue weighted by Crippen LogP contribution is 2.34. The van der Waals surface area contributed by atoms with Crippen LogP contribution in [0.15, 0.2) is 21.1 Å². The number of hydrogen-bond donors (Lipinski definition) is 2. The number of amides is 1. The number of ether oxygens (including phenoxy) is 1. The van der Waals surface area contributed by atoms with Crippen molar-refractivity contribution in [2.75, 3.05) is 6.61 Å². The van der Waals surface area contributed by atoms with Gasteiger partial charge in [0.15, 0.2) is 6.61 Å². The van der Waals surface area contributed by atoms with Gasteiger partial charge >= 0.3 is 5.97 Å². The first kappa shape index (κ1) is 17.0. The van der Waals surface area contributed by atoms with E-state index in [4.69, 9.17) is 9.84 Å². The minimum atomic E-state index is -1.03. The number of carbonyl (C=O) groups excluding carboxylic acids is 1. The van der Waals surface area contributed by atoms with Gasteiger partial charge in [0.2, 0.25) is 0 Å². The quantitative estimate of drug-likeness (QED) is 0.757. The molecule has 5 nitrogen and oxygen atoms in total.